The van der Waals surface area contributed by atoms with Crippen LogP contribution in [0.1, 0.15) is 70.2 Å². The van der Waals surface area contributed by atoms with E-state index >= 15 is 0 Å². The van der Waals surface area contributed by atoms with Gasteiger partial charge < -0.3 is 15.1 Å². The van der Waals surface area contributed by atoms with E-state index < -0.39 is 17.5 Å². The first-order valence-corrected chi connectivity index (χ1v) is 9.29. The van der Waals surface area contributed by atoms with E-state index in [1.165, 1.54) is 4.90 Å². The average Bonchev–Trinajstić information content (AvgIpc) is 2.68. The predicted molar refractivity (Wildman–Crippen MR) is 103 cm³/mol. The van der Waals surface area contributed by atoms with E-state index in [9.17, 15) is 28.6 Å². The highest BCUT2D eigenvalue weighted by Gasteiger charge is 2.31. The maximum atomic E-state index is 13.8. The van der Waals surface area contributed by atoms with E-state index in [2.05, 4.69) is 0 Å². The molecule has 1 aliphatic carbocycles. The third kappa shape index (κ3) is 6.48. The number of aromatic hydroxyl groups is 1. The lowest BCUT2D eigenvalue weighted by Gasteiger charge is -2.33. The van der Waals surface area contributed by atoms with Crippen molar-refractivity contribution in [1.29, 1.82) is 0 Å². The van der Waals surface area contributed by atoms with Crippen LogP contribution in [0.3, 0.4) is 0 Å². The molecule has 0 unspecified atom stereocenters. The Labute approximate surface area is 160 Å². The molecule has 0 aliphatic heterocycles. The fourth-order valence-electron chi connectivity index (χ4n) is 3.12. The smallest absolute Gasteiger partial charge is 0.337 e. The average molecular weight is 387 g/mol. The number of carbonyl (C=O) groups excluding carboxylic acids is 1. The molecule has 0 spiro atoms. The highest BCUT2D eigenvalue weighted by molar-refractivity contribution is 6.03. The van der Waals surface area contributed by atoms with Gasteiger partial charge in [0.15, 0.2) is 11.6 Å². The first-order chi connectivity index (χ1) is 12.8. The molecule has 1 amide bonds. The van der Waals surface area contributed by atoms with Crippen molar-refractivity contribution in [1.82, 2.24) is 0 Å². The van der Waals surface area contributed by atoms with Gasteiger partial charge in [0.2, 0.25) is 5.91 Å². The number of aromatic carboxylic acids is 1. The molecule has 0 saturated heterocycles. The minimum absolute atomic E-state index is 0.00151. The normalized spacial score (nSPS) is 13.8. The van der Waals surface area contributed by atoms with Crippen LogP contribution < -0.4 is 4.90 Å². The van der Waals surface area contributed by atoms with Crippen molar-refractivity contribution in [2.75, 3.05) is 12.1 Å². The highest BCUT2D eigenvalue weighted by Crippen LogP contribution is 2.33. The van der Waals surface area contributed by atoms with Gasteiger partial charge in [-0.05, 0) is 32.8 Å². The number of phenols is 1. The number of hydrogen-bond donors (Lipinski definition) is 2. The maximum absolute atomic E-state index is 13.8. The number of amides is 1. The molecule has 7 heteroatoms. The monoisotopic (exact) mass is 387 g/mol. The number of carboxylic acid groups (broad SMARTS) is 1. The van der Waals surface area contributed by atoms with Crippen LogP contribution in [0.2, 0.25) is 0 Å². The van der Waals surface area contributed by atoms with Crippen molar-refractivity contribution >= 4 is 17.6 Å². The lowest BCUT2D eigenvalue weighted by atomic mass is 9.87. The minimum Gasteiger partial charge on any atom is -0.505 e. The SMILES string of the molecule is CC.CC(C)N(C(=O)C1CCCCC1)c1cc(F)c(O)cc1C(=O)O.CF. The molecule has 154 valence electrons. The van der Waals surface area contributed by atoms with Gasteiger partial charge in [0, 0.05) is 18.0 Å². The van der Waals surface area contributed by atoms with Gasteiger partial charge in [-0.3, -0.25) is 9.18 Å². The van der Waals surface area contributed by atoms with Crippen molar-refractivity contribution < 1.29 is 28.6 Å². The van der Waals surface area contributed by atoms with E-state index in [1.54, 1.807) is 13.8 Å². The summed E-state index contributed by atoms with van der Waals surface area (Å²) in [6.07, 6.45) is 4.58. The second-order valence-electron chi connectivity index (χ2n) is 6.26. The Bertz CT molecular complexity index is 614. The summed E-state index contributed by atoms with van der Waals surface area (Å²) in [4.78, 5) is 25.6. The van der Waals surface area contributed by atoms with Crippen molar-refractivity contribution in [3.63, 3.8) is 0 Å². The minimum atomic E-state index is -1.31. The number of anilines is 1. The molecule has 0 aromatic heterocycles. The number of carbonyl (C=O) groups is 2. The third-order valence-electron chi connectivity index (χ3n) is 4.26. The molecule has 1 fully saturated rings. The second-order valence-corrected chi connectivity index (χ2v) is 6.26. The van der Waals surface area contributed by atoms with E-state index in [0.29, 0.717) is 7.18 Å². The Hall–Kier alpha value is -2.18. The first-order valence-electron chi connectivity index (χ1n) is 9.29. The molecule has 0 heterocycles. The van der Waals surface area contributed by atoms with Crippen LogP contribution in [-0.4, -0.2) is 35.3 Å². The molecule has 0 atom stereocenters. The molecular weight excluding hydrogens is 356 g/mol. The van der Waals surface area contributed by atoms with Gasteiger partial charge in [-0.1, -0.05) is 33.1 Å². The van der Waals surface area contributed by atoms with Gasteiger partial charge >= 0.3 is 5.97 Å². The van der Waals surface area contributed by atoms with Gasteiger partial charge in [-0.15, -0.1) is 0 Å². The molecular formula is C20H31F2NO4. The van der Waals surface area contributed by atoms with Crippen LogP contribution in [0.5, 0.6) is 5.75 Å². The predicted octanol–water partition coefficient (Wildman–Crippen LogP) is 5.16. The number of alkyl halides is 1. The summed E-state index contributed by atoms with van der Waals surface area (Å²) in [7, 11) is 0.500. The first kappa shape index (κ1) is 24.8. The Morgan fingerprint density at radius 1 is 1.11 bits per heavy atom. The zero-order valence-electron chi connectivity index (χ0n) is 16.8. The fraction of sp³-hybridized carbons (Fsp3) is 0.600. The molecule has 0 radical (unpaired) electrons. The van der Waals surface area contributed by atoms with Crippen LogP contribution in [-0.2, 0) is 4.79 Å². The number of benzene rings is 1. The number of hydrogen-bond acceptors (Lipinski definition) is 3. The summed E-state index contributed by atoms with van der Waals surface area (Å²) in [6.45, 7) is 7.52. The quantitative estimate of drug-likeness (QED) is 0.748. The second kappa shape index (κ2) is 12.3. The Morgan fingerprint density at radius 2 is 1.63 bits per heavy atom. The molecule has 1 aromatic rings. The molecule has 27 heavy (non-hydrogen) atoms. The zero-order chi connectivity index (χ0) is 21.1. The summed E-state index contributed by atoms with van der Waals surface area (Å²) in [6, 6.07) is 1.47. The summed E-state index contributed by atoms with van der Waals surface area (Å²) >= 11 is 0. The van der Waals surface area contributed by atoms with Crippen molar-refractivity contribution in [2.24, 2.45) is 5.92 Å². The third-order valence-corrected chi connectivity index (χ3v) is 4.26. The van der Waals surface area contributed by atoms with Gasteiger partial charge in [0.25, 0.3) is 0 Å². The van der Waals surface area contributed by atoms with Gasteiger partial charge in [0.05, 0.1) is 18.4 Å². The summed E-state index contributed by atoms with van der Waals surface area (Å²) in [5.41, 5.74) is -0.278. The van der Waals surface area contributed by atoms with Crippen LogP contribution >= 0.6 is 0 Å². The topological polar surface area (TPSA) is 77.8 Å². The van der Waals surface area contributed by atoms with E-state index in [4.69, 9.17) is 0 Å². The van der Waals surface area contributed by atoms with E-state index in [0.717, 1.165) is 44.2 Å². The molecule has 1 aliphatic rings. The van der Waals surface area contributed by atoms with Gasteiger partial charge in [-0.2, -0.15) is 0 Å². The number of phenolic OH excluding ortho intramolecular Hbond substituents is 1. The lowest BCUT2D eigenvalue weighted by molar-refractivity contribution is -0.123. The Morgan fingerprint density at radius 3 is 2.07 bits per heavy atom. The number of carboxylic acids is 1. The largest absolute Gasteiger partial charge is 0.505 e. The number of halogens is 2. The van der Waals surface area contributed by atoms with Gasteiger partial charge in [0.1, 0.15) is 0 Å². The highest BCUT2D eigenvalue weighted by atomic mass is 19.1. The Kier molecular flexibility index (Phi) is 11.3. The zero-order valence-corrected chi connectivity index (χ0v) is 16.8. The molecule has 5 nitrogen and oxygen atoms in total. The summed E-state index contributed by atoms with van der Waals surface area (Å²) < 4.78 is 23.3. The van der Waals surface area contributed by atoms with E-state index in [-0.39, 0.29) is 29.1 Å². The van der Waals surface area contributed by atoms with E-state index in [1.807, 2.05) is 13.8 Å². The molecule has 1 saturated carbocycles. The summed E-state index contributed by atoms with van der Waals surface area (Å²) in [5.74, 6) is -3.32. The molecule has 2 rings (SSSR count). The van der Waals surface area contributed by atoms with Crippen LogP contribution in [0.15, 0.2) is 12.1 Å². The summed E-state index contributed by atoms with van der Waals surface area (Å²) in [5, 5.41) is 18.8. The number of rotatable bonds is 4. The molecule has 0 bridgehead atoms. The molecule has 2 N–H and O–H groups in total. The number of nitrogens with zero attached hydrogens (tertiary/aromatic N) is 1. The van der Waals surface area contributed by atoms with Crippen LogP contribution in [0.4, 0.5) is 14.5 Å². The fourth-order valence-corrected chi connectivity index (χ4v) is 3.12. The van der Waals surface area contributed by atoms with Crippen molar-refractivity contribution in [2.45, 2.75) is 65.8 Å². The van der Waals surface area contributed by atoms with Crippen LogP contribution in [0.25, 0.3) is 0 Å². The van der Waals surface area contributed by atoms with Crippen molar-refractivity contribution in [3.8, 4) is 5.75 Å². The van der Waals surface area contributed by atoms with Crippen LogP contribution in [0, 0.1) is 11.7 Å². The molecule has 1 aromatic carbocycles. The maximum Gasteiger partial charge on any atom is 0.337 e. The lowest BCUT2D eigenvalue weighted by Crippen LogP contribution is -2.42. The van der Waals surface area contributed by atoms with Crippen molar-refractivity contribution in [3.05, 3.63) is 23.5 Å². The Balaban J connectivity index is 0.00000158. The van der Waals surface area contributed by atoms with Gasteiger partial charge in [-0.25, -0.2) is 9.18 Å². The standard InChI is InChI=1S/C17H22FNO4.C2H6.CH3F/c1-10(2)19(16(21)11-6-4-3-5-7-11)14-9-13(18)15(20)8-12(14)17(22)23;2*1-2/h8-11,20H,3-7H2,1-2H3,(H,22,23);1-2H3;1H3.